The van der Waals surface area contributed by atoms with Crippen molar-refractivity contribution in [2.45, 2.75) is 26.2 Å². The molecule has 1 aliphatic rings. The Morgan fingerprint density at radius 1 is 1.60 bits per heavy atom. The zero-order chi connectivity index (χ0) is 11.1. The van der Waals surface area contributed by atoms with Crippen LogP contribution >= 0.6 is 11.8 Å². The Balaban J connectivity index is 2.25. The third kappa shape index (κ3) is 4.43. The Labute approximate surface area is 96.2 Å². The summed E-state index contributed by atoms with van der Waals surface area (Å²) in [6, 6.07) is 0. The van der Waals surface area contributed by atoms with Gasteiger partial charge < -0.3 is 10.0 Å². The van der Waals surface area contributed by atoms with E-state index in [2.05, 4.69) is 6.92 Å². The van der Waals surface area contributed by atoms with E-state index in [1.807, 2.05) is 4.90 Å². The molecule has 0 bridgehead atoms. The average molecular weight is 231 g/mol. The molecule has 4 heteroatoms. The van der Waals surface area contributed by atoms with Crippen molar-refractivity contribution in [1.82, 2.24) is 4.90 Å². The lowest BCUT2D eigenvalue weighted by molar-refractivity contribution is -0.130. The number of carbonyl (C=O) groups excluding carboxylic acids is 1. The van der Waals surface area contributed by atoms with Crippen LogP contribution in [0.1, 0.15) is 26.2 Å². The largest absolute Gasteiger partial charge is 0.396 e. The number of hydrogen-bond acceptors (Lipinski definition) is 3. The molecule has 0 aromatic carbocycles. The highest BCUT2D eigenvalue weighted by Gasteiger charge is 2.22. The molecule has 0 aromatic rings. The normalized spacial score (nSPS) is 21.7. The van der Waals surface area contributed by atoms with Gasteiger partial charge in [-0.05, 0) is 30.9 Å². The van der Waals surface area contributed by atoms with Crippen molar-refractivity contribution in [2.24, 2.45) is 5.92 Å². The van der Waals surface area contributed by atoms with E-state index in [0.29, 0.717) is 11.7 Å². The Hall–Kier alpha value is -0.220. The number of amides is 1. The number of thioether (sulfide) groups is 1. The smallest absolute Gasteiger partial charge is 0.232 e. The molecule has 1 atom stereocenters. The number of hydrogen-bond donors (Lipinski definition) is 1. The van der Waals surface area contributed by atoms with Crippen molar-refractivity contribution in [1.29, 1.82) is 0 Å². The third-order valence-electron chi connectivity index (χ3n) is 2.70. The maximum atomic E-state index is 11.8. The van der Waals surface area contributed by atoms with Crippen LogP contribution in [0.5, 0.6) is 0 Å². The summed E-state index contributed by atoms with van der Waals surface area (Å²) >= 11 is 1.71. The van der Waals surface area contributed by atoms with Crippen molar-refractivity contribution in [3.05, 3.63) is 0 Å². The topological polar surface area (TPSA) is 40.5 Å². The fraction of sp³-hybridized carbons (Fsp3) is 0.909. The molecule has 0 saturated carbocycles. The molecule has 1 saturated heterocycles. The molecule has 0 radical (unpaired) electrons. The van der Waals surface area contributed by atoms with E-state index in [0.717, 1.165) is 38.1 Å². The summed E-state index contributed by atoms with van der Waals surface area (Å²) in [5, 5.41) is 9.06. The molecule has 1 unspecified atom stereocenters. The summed E-state index contributed by atoms with van der Waals surface area (Å²) in [4.78, 5) is 13.7. The zero-order valence-electron chi connectivity index (χ0n) is 9.45. The van der Waals surface area contributed by atoms with E-state index in [1.54, 1.807) is 11.8 Å². The fourth-order valence-electron chi connectivity index (χ4n) is 1.84. The van der Waals surface area contributed by atoms with Gasteiger partial charge in [0.1, 0.15) is 0 Å². The zero-order valence-corrected chi connectivity index (χ0v) is 10.3. The second-order valence-electron chi connectivity index (χ2n) is 4.08. The van der Waals surface area contributed by atoms with Crippen LogP contribution in [-0.2, 0) is 4.79 Å². The van der Waals surface area contributed by atoms with Gasteiger partial charge in [0.15, 0.2) is 0 Å². The van der Waals surface area contributed by atoms with Gasteiger partial charge in [0.2, 0.25) is 5.91 Å². The predicted molar refractivity (Wildman–Crippen MR) is 64.0 cm³/mol. The van der Waals surface area contributed by atoms with Gasteiger partial charge in [0, 0.05) is 19.7 Å². The summed E-state index contributed by atoms with van der Waals surface area (Å²) in [5.41, 5.74) is 0. The number of rotatable bonds is 5. The van der Waals surface area contributed by atoms with Crippen molar-refractivity contribution in [2.75, 3.05) is 31.2 Å². The van der Waals surface area contributed by atoms with E-state index in [-0.39, 0.29) is 12.5 Å². The first-order valence-corrected chi connectivity index (χ1v) is 6.89. The molecule has 88 valence electrons. The predicted octanol–water partition coefficient (Wildman–Crippen LogP) is 1.36. The maximum absolute atomic E-state index is 11.8. The molecule has 1 N–H and O–H groups in total. The van der Waals surface area contributed by atoms with Gasteiger partial charge in [-0.2, -0.15) is 11.8 Å². The van der Waals surface area contributed by atoms with Crippen LogP contribution in [0.3, 0.4) is 0 Å². The lowest BCUT2D eigenvalue weighted by Crippen LogP contribution is -2.41. The first kappa shape index (κ1) is 12.8. The molecule has 1 heterocycles. The Morgan fingerprint density at radius 3 is 3.07 bits per heavy atom. The van der Waals surface area contributed by atoms with Crippen LogP contribution in [0.2, 0.25) is 0 Å². The van der Waals surface area contributed by atoms with Crippen molar-refractivity contribution >= 4 is 17.7 Å². The average Bonchev–Trinajstić information content (AvgIpc) is 2.29. The number of aliphatic hydroxyl groups excluding tert-OH is 1. The second-order valence-corrected chi connectivity index (χ2v) is 5.19. The second kappa shape index (κ2) is 7.12. The first-order chi connectivity index (χ1) is 7.27. The van der Waals surface area contributed by atoms with Crippen LogP contribution in [0.4, 0.5) is 0 Å². The van der Waals surface area contributed by atoms with Gasteiger partial charge in [-0.3, -0.25) is 4.79 Å². The maximum Gasteiger partial charge on any atom is 0.232 e. The van der Waals surface area contributed by atoms with Gasteiger partial charge in [0.05, 0.1) is 5.75 Å². The number of piperidine rings is 1. The van der Waals surface area contributed by atoms with Gasteiger partial charge >= 0.3 is 0 Å². The molecule has 1 rings (SSSR count). The van der Waals surface area contributed by atoms with Gasteiger partial charge in [0.25, 0.3) is 0 Å². The van der Waals surface area contributed by atoms with Gasteiger partial charge in [-0.15, -0.1) is 0 Å². The molecule has 1 aliphatic heterocycles. The minimum absolute atomic E-state index is 0.214. The highest BCUT2D eigenvalue weighted by Crippen LogP contribution is 2.16. The van der Waals surface area contributed by atoms with E-state index >= 15 is 0 Å². The Kier molecular flexibility index (Phi) is 6.10. The van der Waals surface area contributed by atoms with Crippen LogP contribution in [0.15, 0.2) is 0 Å². The van der Waals surface area contributed by atoms with Crippen molar-refractivity contribution in [3.8, 4) is 0 Å². The summed E-state index contributed by atoms with van der Waals surface area (Å²) in [6.07, 6.45) is 3.22. The molecule has 3 nitrogen and oxygen atoms in total. The summed E-state index contributed by atoms with van der Waals surface area (Å²) in [6.45, 7) is 3.97. The minimum Gasteiger partial charge on any atom is -0.396 e. The van der Waals surface area contributed by atoms with E-state index in [9.17, 15) is 4.79 Å². The third-order valence-corrected chi connectivity index (χ3v) is 3.85. The lowest BCUT2D eigenvalue weighted by atomic mass is 9.99. The van der Waals surface area contributed by atoms with Crippen LogP contribution in [-0.4, -0.2) is 47.1 Å². The fourth-order valence-corrected chi connectivity index (χ4v) is 2.63. The molecule has 0 aromatic heterocycles. The summed E-state index contributed by atoms with van der Waals surface area (Å²) < 4.78 is 0. The summed E-state index contributed by atoms with van der Waals surface area (Å²) in [7, 11) is 0. The molecule has 1 amide bonds. The Morgan fingerprint density at radius 2 is 2.40 bits per heavy atom. The SMILES string of the molecule is CCCSCC(=O)N1CCCC(CO)C1. The van der Waals surface area contributed by atoms with E-state index < -0.39 is 0 Å². The van der Waals surface area contributed by atoms with Crippen LogP contribution in [0, 0.1) is 5.92 Å². The van der Waals surface area contributed by atoms with Crippen LogP contribution < -0.4 is 0 Å². The number of aliphatic hydroxyl groups is 1. The number of nitrogens with zero attached hydrogens (tertiary/aromatic N) is 1. The standard InChI is InChI=1S/C11H21NO2S/c1-2-6-15-9-11(14)12-5-3-4-10(7-12)8-13/h10,13H,2-9H2,1H3. The molecule has 0 aliphatic carbocycles. The molecule has 0 spiro atoms. The first-order valence-electron chi connectivity index (χ1n) is 5.74. The van der Waals surface area contributed by atoms with E-state index in [1.165, 1.54) is 0 Å². The minimum atomic E-state index is 0.214. The lowest BCUT2D eigenvalue weighted by Gasteiger charge is -2.31. The molecule has 1 fully saturated rings. The quantitative estimate of drug-likeness (QED) is 0.726. The van der Waals surface area contributed by atoms with Crippen LogP contribution in [0.25, 0.3) is 0 Å². The number of carbonyl (C=O) groups is 1. The van der Waals surface area contributed by atoms with Crippen molar-refractivity contribution < 1.29 is 9.90 Å². The molecular weight excluding hydrogens is 210 g/mol. The highest BCUT2D eigenvalue weighted by atomic mass is 32.2. The highest BCUT2D eigenvalue weighted by molar-refractivity contribution is 7.99. The monoisotopic (exact) mass is 231 g/mol. The number of likely N-dealkylation sites (tertiary alicyclic amines) is 1. The van der Waals surface area contributed by atoms with Gasteiger partial charge in [-0.25, -0.2) is 0 Å². The molecular formula is C11H21NO2S. The van der Waals surface area contributed by atoms with Crippen molar-refractivity contribution in [3.63, 3.8) is 0 Å². The Bertz CT molecular complexity index is 199. The van der Waals surface area contributed by atoms with E-state index in [4.69, 9.17) is 5.11 Å². The summed E-state index contributed by atoms with van der Waals surface area (Å²) in [5.74, 6) is 2.21. The molecule has 15 heavy (non-hydrogen) atoms. The van der Waals surface area contributed by atoms with Gasteiger partial charge in [-0.1, -0.05) is 6.92 Å².